The second-order valence-electron chi connectivity index (χ2n) is 5.46. The Balaban J connectivity index is 2.32. The van der Waals surface area contributed by atoms with Crippen molar-refractivity contribution in [3.05, 3.63) is 22.2 Å². The molecule has 0 aliphatic carbocycles. The van der Waals surface area contributed by atoms with E-state index >= 15 is 0 Å². The van der Waals surface area contributed by atoms with Gasteiger partial charge in [0.2, 0.25) is 0 Å². The highest BCUT2D eigenvalue weighted by Gasteiger charge is 2.17. The summed E-state index contributed by atoms with van der Waals surface area (Å²) in [5, 5.41) is 12.2. The number of rotatable bonds is 6. The smallest absolute Gasteiger partial charge is 0.182 e. The van der Waals surface area contributed by atoms with Gasteiger partial charge in [0.15, 0.2) is 5.82 Å². The van der Waals surface area contributed by atoms with Crippen molar-refractivity contribution in [1.82, 2.24) is 20.2 Å². The molecule has 114 valence electrons. The standard InChI is InChI=1S/C15H22BrN5/c1-4-5-6-7-10(2)21-15(18-19-20-21)13-8-12(16)9-14(17)11(13)3/h8-10H,4-7,17H2,1-3H3. The summed E-state index contributed by atoms with van der Waals surface area (Å²) >= 11 is 3.49. The Bertz CT molecular complexity index is 608. The molecule has 0 amide bonds. The number of hydrogen-bond acceptors (Lipinski definition) is 4. The molecule has 1 atom stereocenters. The lowest BCUT2D eigenvalue weighted by atomic mass is 10.1. The summed E-state index contributed by atoms with van der Waals surface area (Å²) < 4.78 is 2.85. The van der Waals surface area contributed by atoms with Gasteiger partial charge in [-0.3, -0.25) is 0 Å². The quantitative estimate of drug-likeness (QED) is 0.627. The van der Waals surface area contributed by atoms with Gasteiger partial charge >= 0.3 is 0 Å². The van der Waals surface area contributed by atoms with Gasteiger partial charge in [-0.05, 0) is 48.4 Å². The SMILES string of the molecule is CCCCCC(C)n1nnnc1-c1cc(Br)cc(N)c1C. The van der Waals surface area contributed by atoms with Crippen LogP contribution in [0.5, 0.6) is 0 Å². The Hall–Kier alpha value is -1.43. The number of tetrazole rings is 1. The van der Waals surface area contributed by atoms with Crippen LogP contribution in [0, 0.1) is 6.92 Å². The molecule has 2 rings (SSSR count). The fourth-order valence-corrected chi connectivity index (χ4v) is 2.89. The molecule has 21 heavy (non-hydrogen) atoms. The molecular weight excluding hydrogens is 330 g/mol. The van der Waals surface area contributed by atoms with Gasteiger partial charge in [0.25, 0.3) is 0 Å². The second-order valence-corrected chi connectivity index (χ2v) is 6.38. The van der Waals surface area contributed by atoms with E-state index in [1.807, 2.05) is 23.7 Å². The molecule has 1 heterocycles. The summed E-state index contributed by atoms with van der Waals surface area (Å²) in [7, 11) is 0. The Morgan fingerprint density at radius 2 is 2.10 bits per heavy atom. The van der Waals surface area contributed by atoms with Crippen molar-refractivity contribution in [1.29, 1.82) is 0 Å². The third-order valence-corrected chi connectivity index (χ3v) is 4.25. The third kappa shape index (κ3) is 3.61. The molecule has 0 aliphatic heterocycles. The maximum absolute atomic E-state index is 6.04. The van der Waals surface area contributed by atoms with Crippen LogP contribution >= 0.6 is 15.9 Å². The Morgan fingerprint density at radius 1 is 1.33 bits per heavy atom. The maximum Gasteiger partial charge on any atom is 0.182 e. The van der Waals surface area contributed by atoms with Crippen LogP contribution in [0.2, 0.25) is 0 Å². The number of benzene rings is 1. The zero-order chi connectivity index (χ0) is 15.4. The van der Waals surface area contributed by atoms with Gasteiger partial charge in [0.1, 0.15) is 0 Å². The van der Waals surface area contributed by atoms with Crippen molar-refractivity contribution in [2.75, 3.05) is 5.73 Å². The number of hydrogen-bond donors (Lipinski definition) is 1. The van der Waals surface area contributed by atoms with Crippen LogP contribution in [-0.2, 0) is 0 Å². The van der Waals surface area contributed by atoms with Crippen molar-refractivity contribution in [2.45, 2.75) is 52.5 Å². The molecule has 0 radical (unpaired) electrons. The lowest BCUT2D eigenvalue weighted by molar-refractivity contribution is 0.432. The van der Waals surface area contributed by atoms with Gasteiger partial charge < -0.3 is 5.73 Å². The molecule has 0 spiro atoms. The average molecular weight is 352 g/mol. The highest BCUT2D eigenvalue weighted by Crippen LogP contribution is 2.31. The number of anilines is 1. The summed E-state index contributed by atoms with van der Waals surface area (Å²) in [6, 6.07) is 4.20. The molecule has 0 aliphatic rings. The van der Waals surface area contributed by atoms with Gasteiger partial charge in [0.05, 0.1) is 6.04 Å². The van der Waals surface area contributed by atoms with Crippen molar-refractivity contribution >= 4 is 21.6 Å². The Labute approximate surface area is 134 Å². The summed E-state index contributed by atoms with van der Waals surface area (Å²) in [6.45, 7) is 6.37. The minimum absolute atomic E-state index is 0.279. The van der Waals surface area contributed by atoms with Gasteiger partial charge in [-0.2, -0.15) is 0 Å². The van der Waals surface area contributed by atoms with Gasteiger partial charge in [-0.25, -0.2) is 4.68 Å². The molecule has 0 saturated carbocycles. The summed E-state index contributed by atoms with van der Waals surface area (Å²) in [5.41, 5.74) is 8.78. The molecule has 2 N–H and O–H groups in total. The number of nitrogens with zero attached hydrogens (tertiary/aromatic N) is 4. The number of unbranched alkanes of at least 4 members (excludes halogenated alkanes) is 2. The molecule has 1 unspecified atom stereocenters. The van der Waals surface area contributed by atoms with Crippen LogP contribution in [-0.4, -0.2) is 20.2 Å². The number of nitrogen functional groups attached to an aromatic ring is 1. The first-order valence-corrected chi connectivity index (χ1v) is 8.17. The minimum atomic E-state index is 0.279. The monoisotopic (exact) mass is 351 g/mol. The topological polar surface area (TPSA) is 69.6 Å². The van der Waals surface area contributed by atoms with Crippen LogP contribution in [0.15, 0.2) is 16.6 Å². The molecule has 6 heteroatoms. The largest absolute Gasteiger partial charge is 0.398 e. The Kier molecular flexibility index (Phi) is 5.33. The third-order valence-electron chi connectivity index (χ3n) is 3.79. The fraction of sp³-hybridized carbons (Fsp3) is 0.533. The van der Waals surface area contributed by atoms with Gasteiger partial charge in [0, 0.05) is 15.7 Å². The van der Waals surface area contributed by atoms with E-state index in [0.29, 0.717) is 0 Å². The van der Waals surface area contributed by atoms with Crippen molar-refractivity contribution in [3.8, 4) is 11.4 Å². The van der Waals surface area contributed by atoms with Crippen LogP contribution in [0.4, 0.5) is 5.69 Å². The summed E-state index contributed by atoms with van der Waals surface area (Å²) in [5.74, 6) is 0.782. The van der Waals surface area contributed by atoms with Gasteiger partial charge in [-0.1, -0.05) is 42.1 Å². The molecule has 1 aromatic carbocycles. The molecule has 0 bridgehead atoms. The number of aromatic nitrogens is 4. The van der Waals surface area contributed by atoms with E-state index < -0.39 is 0 Å². The fourth-order valence-electron chi connectivity index (χ4n) is 2.41. The highest BCUT2D eigenvalue weighted by atomic mass is 79.9. The van der Waals surface area contributed by atoms with Crippen LogP contribution in [0.25, 0.3) is 11.4 Å². The first kappa shape index (κ1) is 15.9. The predicted octanol–water partition coefficient (Wildman–Crippen LogP) is 4.13. The first-order chi connectivity index (χ1) is 10.0. The normalized spacial score (nSPS) is 12.6. The number of halogens is 1. The van der Waals surface area contributed by atoms with Crippen LogP contribution in [0.1, 0.15) is 51.1 Å². The average Bonchev–Trinajstić information content (AvgIpc) is 2.92. The van der Waals surface area contributed by atoms with Crippen molar-refractivity contribution < 1.29 is 0 Å². The van der Waals surface area contributed by atoms with E-state index in [9.17, 15) is 0 Å². The molecule has 0 fully saturated rings. The van der Waals surface area contributed by atoms with Crippen LogP contribution in [0.3, 0.4) is 0 Å². The summed E-state index contributed by atoms with van der Waals surface area (Å²) in [6.07, 6.45) is 4.73. The molecule has 2 aromatic rings. The highest BCUT2D eigenvalue weighted by molar-refractivity contribution is 9.10. The molecule has 0 saturated heterocycles. The van der Waals surface area contributed by atoms with E-state index in [1.165, 1.54) is 19.3 Å². The Morgan fingerprint density at radius 3 is 2.81 bits per heavy atom. The molecule has 5 nitrogen and oxygen atoms in total. The maximum atomic E-state index is 6.04. The minimum Gasteiger partial charge on any atom is -0.398 e. The zero-order valence-corrected chi connectivity index (χ0v) is 14.4. The first-order valence-electron chi connectivity index (χ1n) is 7.38. The molecule has 1 aromatic heterocycles. The van der Waals surface area contributed by atoms with E-state index in [-0.39, 0.29) is 6.04 Å². The van der Waals surface area contributed by atoms with Crippen LogP contribution < -0.4 is 5.73 Å². The second kappa shape index (κ2) is 7.02. The zero-order valence-electron chi connectivity index (χ0n) is 12.8. The van der Waals surface area contributed by atoms with E-state index in [0.717, 1.165) is 33.5 Å². The number of nitrogens with two attached hydrogens (primary N) is 1. The predicted molar refractivity (Wildman–Crippen MR) is 89.0 cm³/mol. The van der Waals surface area contributed by atoms with Gasteiger partial charge in [-0.15, -0.1) is 5.10 Å². The molecular formula is C15H22BrN5. The lowest BCUT2D eigenvalue weighted by Gasteiger charge is -2.15. The van der Waals surface area contributed by atoms with E-state index in [1.54, 1.807) is 0 Å². The lowest BCUT2D eigenvalue weighted by Crippen LogP contribution is -2.10. The van der Waals surface area contributed by atoms with E-state index in [2.05, 4.69) is 45.3 Å². The van der Waals surface area contributed by atoms with Crippen molar-refractivity contribution in [3.63, 3.8) is 0 Å². The van der Waals surface area contributed by atoms with Crippen molar-refractivity contribution in [2.24, 2.45) is 0 Å². The van der Waals surface area contributed by atoms with E-state index in [4.69, 9.17) is 5.73 Å². The summed E-state index contributed by atoms with van der Waals surface area (Å²) in [4.78, 5) is 0.